The van der Waals surface area contributed by atoms with E-state index in [-0.39, 0.29) is 18.4 Å². The van der Waals surface area contributed by atoms with Crippen molar-refractivity contribution in [3.8, 4) is 23.6 Å². The molecule has 2 aliphatic rings. The number of fused-ring (bicyclic) bond motifs is 1. The first kappa shape index (κ1) is 27.3. The molecule has 0 aliphatic carbocycles. The fraction of sp³-hybridized carbons (Fsp3) is 0.333. The van der Waals surface area contributed by atoms with Gasteiger partial charge in [-0.3, -0.25) is 24.6 Å². The molecule has 214 valence electrons. The normalized spacial score (nSPS) is 19.2. The summed E-state index contributed by atoms with van der Waals surface area (Å²) < 4.78 is 13.1. The number of carbonyl (C=O) groups is 2. The van der Waals surface area contributed by atoms with Gasteiger partial charge in [0.15, 0.2) is 5.82 Å². The molecular weight excluding hydrogens is 537 g/mol. The molecule has 12 heteroatoms. The third-order valence-corrected chi connectivity index (χ3v) is 7.93. The van der Waals surface area contributed by atoms with E-state index in [9.17, 15) is 14.0 Å². The van der Waals surface area contributed by atoms with Gasteiger partial charge in [0.05, 0.1) is 24.5 Å². The van der Waals surface area contributed by atoms with Crippen LogP contribution in [0.25, 0.3) is 22.2 Å². The second kappa shape index (κ2) is 11.2. The highest BCUT2D eigenvalue weighted by Crippen LogP contribution is 2.33. The maximum absolute atomic E-state index is 13.5. The Morgan fingerprint density at radius 1 is 1.10 bits per heavy atom. The SMILES string of the molecule is C#CC1(C(=O)Nc2ccc3[nH]nc(-c4ccnc(C)c4)c3c2)CCN(CC(=O)N2CCN(c3ncc(F)cn3)CC2)C1. The van der Waals surface area contributed by atoms with Crippen molar-refractivity contribution >= 4 is 34.4 Å². The standard InChI is InChI=1S/C30H30FN9O2/c1-3-30(28(42)35-23-4-5-25-24(15-23)27(37-36-25)21-6-8-32-20(2)14-21)7-9-38(19-30)18-26(41)39-10-12-40(13-11-39)29-33-16-22(31)17-34-29/h1,4-6,8,14-17H,7,9-13,18-19H2,2H3,(H,35,42)(H,36,37). The Hall–Kier alpha value is -4.89. The Morgan fingerprint density at radius 3 is 2.62 bits per heavy atom. The Kier molecular flexibility index (Phi) is 7.26. The number of hydrogen-bond donors (Lipinski definition) is 2. The molecule has 2 aliphatic heterocycles. The largest absolute Gasteiger partial charge is 0.338 e. The van der Waals surface area contributed by atoms with E-state index in [0.29, 0.717) is 57.3 Å². The summed E-state index contributed by atoms with van der Waals surface area (Å²) in [5, 5.41) is 11.4. The second-order valence-electron chi connectivity index (χ2n) is 10.7. The number of aryl methyl sites for hydroxylation is 1. The smallest absolute Gasteiger partial charge is 0.244 e. The summed E-state index contributed by atoms with van der Waals surface area (Å²) in [5.74, 6) is 2.41. The fourth-order valence-corrected chi connectivity index (χ4v) is 5.56. The van der Waals surface area contributed by atoms with Gasteiger partial charge >= 0.3 is 0 Å². The molecule has 1 aromatic carbocycles. The zero-order valence-electron chi connectivity index (χ0n) is 23.2. The molecule has 4 aromatic rings. The van der Waals surface area contributed by atoms with Crippen molar-refractivity contribution in [1.29, 1.82) is 0 Å². The Morgan fingerprint density at radius 2 is 1.88 bits per heavy atom. The quantitative estimate of drug-likeness (QED) is 0.341. The number of anilines is 2. The highest BCUT2D eigenvalue weighted by molar-refractivity contribution is 6.01. The van der Waals surface area contributed by atoms with E-state index < -0.39 is 11.2 Å². The molecular formula is C30H30FN9O2. The van der Waals surface area contributed by atoms with Crippen molar-refractivity contribution in [2.75, 3.05) is 56.0 Å². The van der Waals surface area contributed by atoms with Gasteiger partial charge < -0.3 is 15.1 Å². The summed E-state index contributed by atoms with van der Waals surface area (Å²) in [6, 6.07) is 9.44. The molecule has 0 spiro atoms. The molecule has 2 fully saturated rings. The summed E-state index contributed by atoms with van der Waals surface area (Å²) in [6.07, 6.45) is 10.4. The lowest BCUT2D eigenvalue weighted by Gasteiger charge is -2.35. The highest BCUT2D eigenvalue weighted by atomic mass is 19.1. The minimum atomic E-state index is -1.05. The van der Waals surface area contributed by atoms with E-state index in [2.05, 4.69) is 36.4 Å². The number of carbonyl (C=O) groups excluding carboxylic acids is 2. The van der Waals surface area contributed by atoms with E-state index in [4.69, 9.17) is 6.42 Å². The van der Waals surface area contributed by atoms with Crippen molar-refractivity contribution < 1.29 is 14.0 Å². The number of piperazine rings is 1. The van der Waals surface area contributed by atoms with Crippen LogP contribution in [0.4, 0.5) is 16.0 Å². The molecule has 0 saturated carbocycles. The number of nitrogens with zero attached hydrogens (tertiary/aromatic N) is 7. The predicted octanol–water partition coefficient (Wildman–Crippen LogP) is 2.48. The summed E-state index contributed by atoms with van der Waals surface area (Å²) in [7, 11) is 0. The maximum Gasteiger partial charge on any atom is 0.244 e. The van der Waals surface area contributed by atoms with Crippen molar-refractivity contribution in [3.05, 3.63) is 60.4 Å². The van der Waals surface area contributed by atoms with Gasteiger partial charge in [-0.15, -0.1) is 6.42 Å². The van der Waals surface area contributed by atoms with Crippen LogP contribution in [0.5, 0.6) is 0 Å². The van der Waals surface area contributed by atoms with Gasteiger partial charge in [0, 0.05) is 67.8 Å². The average molecular weight is 568 g/mol. The monoisotopic (exact) mass is 567 g/mol. The highest BCUT2D eigenvalue weighted by Gasteiger charge is 2.44. The first-order chi connectivity index (χ1) is 20.3. The zero-order valence-corrected chi connectivity index (χ0v) is 23.2. The molecule has 6 rings (SSSR count). The van der Waals surface area contributed by atoms with E-state index >= 15 is 0 Å². The van der Waals surface area contributed by atoms with Crippen molar-refractivity contribution in [3.63, 3.8) is 0 Å². The Bertz CT molecular complexity index is 1670. The van der Waals surface area contributed by atoms with E-state index in [1.807, 2.05) is 47.1 Å². The number of halogens is 1. The van der Waals surface area contributed by atoms with E-state index in [1.54, 1.807) is 11.1 Å². The molecule has 5 heterocycles. The lowest BCUT2D eigenvalue weighted by atomic mass is 9.87. The molecule has 2 saturated heterocycles. The van der Waals surface area contributed by atoms with Crippen molar-refractivity contribution in [2.24, 2.45) is 5.41 Å². The Labute approximate surface area is 242 Å². The van der Waals surface area contributed by atoms with Crippen molar-refractivity contribution in [1.82, 2.24) is 34.9 Å². The van der Waals surface area contributed by atoms with Gasteiger partial charge in [0.2, 0.25) is 17.8 Å². The number of amides is 2. The molecule has 0 bridgehead atoms. The number of nitrogens with one attached hydrogen (secondary N) is 2. The van der Waals surface area contributed by atoms with Gasteiger partial charge in [0.25, 0.3) is 0 Å². The van der Waals surface area contributed by atoms with Crippen LogP contribution in [0.2, 0.25) is 0 Å². The molecule has 0 radical (unpaired) electrons. The minimum absolute atomic E-state index is 0.0211. The van der Waals surface area contributed by atoms with E-state index in [1.165, 1.54) is 0 Å². The van der Waals surface area contributed by atoms with Gasteiger partial charge in [0.1, 0.15) is 11.1 Å². The topological polar surface area (TPSA) is 123 Å². The maximum atomic E-state index is 13.5. The summed E-state index contributed by atoms with van der Waals surface area (Å²) in [4.78, 5) is 44.6. The number of H-pyrrole nitrogens is 1. The van der Waals surface area contributed by atoms with Crippen LogP contribution in [0, 0.1) is 30.5 Å². The molecule has 2 amide bonds. The lowest BCUT2D eigenvalue weighted by Crippen LogP contribution is -2.51. The second-order valence-corrected chi connectivity index (χ2v) is 10.7. The number of pyridine rings is 1. The van der Waals surface area contributed by atoms with Gasteiger partial charge in [-0.2, -0.15) is 5.10 Å². The third kappa shape index (κ3) is 5.38. The van der Waals surface area contributed by atoms with Gasteiger partial charge in [-0.25, -0.2) is 14.4 Å². The molecule has 11 nitrogen and oxygen atoms in total. The average Bonchev–Trinajstić information content (AvgIpc) is 3.62. The number of rotatable bonds is 6. The number of aromatic nitrogens is 5. The molecule has 1 unspecified atom stereocenters. The summed E-state index contributed by atoms with van der Waals surface area (Å²) >= 11 is 0. The molecule has 42 heavy (non-hydrogen) atoms. The molecule has 3 aromatic heterocycles. The zero-order chi connectivity index (χ0) is 29.3. The molecule has 1 atom stereocenters. The van der Waals surface area contributed by atoms with Crippen LogP contribution in [-0.4, -0.2) is 92.6 Å². The number of likely N-dealkylation sites (tertiary alicyclic amines) is 1. The molecule has 2 N–H and O–H groups in total. The van der Waals surface area contributed by atoms with Crippen LogP contribution in [0.3, 0.4) is 0 Å². The van der Waals surface area contributed by atoms with Crippen molar-refractivity contribution in [2.45, 2.75) is 13.3 Å². The van der Waals surface area contributed by atoms with Crippen LogP contribution in [0.1, 0.15) is 12.1 Å². The number of benzene rings is 1. The van der Waals surface area contributed by atoms with Crippen LogP contribution in [0.15, 0.2) is 48.9 Å². The number of terminal acetylenes is 1. The Balaban J connectivity index is 1.08. The van der Waals surface area contributed by atoms with Crippen LogP contribution in [-0.2, 0) is 9.59 Å². The summed E-state index contributed by atoms with van der Waals surface area (Å²) in [6.45, 7) is 5.05. The van der Waals surface area contributed by atoms with Gasteiger partial charge in [-0.1, -0.05) is 5.92 Å². The lowest BCUT2D eigenvalue weighted by molar-refractivity contribution is -0.133. The van der Waals surface area contributed by atoms with Crippen LogP contribution < -0.4 is 10.2 Å². The predicted molar refractivity (Wildman–Crippen MR) is 156 cm³/mol. The number of hydrogen-bond acceptors (Lipinski definition) is 8. The number of aromatic amines is 1. The first-order valence-electron chi connectivity index (χ1n) is 13.8. The van der Waals surface area contributed by atoms with Crippen LogP contribution >= 0.6 is 0 Å². The minimum Gasteiger partial charge on any atom is -0.338 e. The third-order valence-electron chi connectivity index (χ3n) is 7.93. The summed E-state index contributed by atoms with van der Waals surface area (Å²) in [5.41, 5.74) is 3.01. The van der Waals surface area contributed by atoms with Gasteiger partial charge in [-0.05, 0) is 43.7 Å². The van der Waals surface area contributed by atoms with E-state index in [0.717, 1.165) is 40.2 Å². The fourth-order valence-electron chi connectivity index (χ4n) is 5.56. The first-order valence-corrected chi connectivity index (χ1v) is 13.8.